The smallest absolute Gasteiger partial charge is 0.306 e. The van der Waals surface area contributed by atoms with E-state index in [1.54, 1.807) is 0 Å². The number of carbonyl (C=O) groups excluding carboxylic acids is 3. The first-order valence-electron chi connectivity index (χ1n) is 25.4. The molecule has 0 N–H and O–H groups in total. The second-order valence-corrected chi connectivity index (χ2v) is 17.7. The Bertz CT molecular complexity index is 859. The Morgan fingerprint density at radius 3 is 0.912 bits per heavy atom. The highest BCUT2D eigenvalue weighted by Crippen LogP contribution is 2.17. The minimum Gasteiger partial charge on any atom is -0.462 e. The molecule has 0 aromatic heterocycles. The molecule has 6 nitrogen and oxygen atoms in total. The summed E-state index contributed by atoms with van der Waals surface area (Å²) >= 11 is 0. The maximum absolute atomic E-state index is 12.7. The van der Waals surface area contributed by atoms with Crippen molar-refractivity contribution in [2.45, 2.75) is 291 Å². The van der Waals surface area contributed by atoms with Crippen molar-refractivity contribution in [2.75, 3.05) is 13.2 Å². The summed E-state index contributed by atoms with van der Waals surface area (Å²) in [6, 6.07) is 0. The van der Waals surface area contributed by atoms with Crippen molar-refractivity contribution in [3.63, 3.8) is 0 Å². The molecule has 0 bridgehead atoms. The molecule has 2 atom stereocenters. The summed E-state index contributed by atoms with van der Waals surface area (Å²) in [7, 11) is 0. The number of hydrogen-bond donors (Lipinski definition) is 0. The topological polar surface area (TPSA) is 78.9 Å². The molecule has 338 valence electrons. The molecule has 0 fully saturated rings. The van der Waals surface area contributed by atoms with Gasteiger partial charge in [-0.3, -0.25) is 14.4 Å². The van der Waals surface area contributed by atoms with Crippen molar-refractivity contribution in [1.82, 2.24) is 0 Å². The predicted octanol–water partition coefficient (Wildman–Crippen LogP) is 16.3. The maximum atomic E-state index is 12.7. The quantitative estimate of drug-likeness (QED) is 0.0346. The zero-order valence-corrected chi connectivity index (χ0v) is 38.8. The molecule has 57 heavy (non-hydrogen) atoms. The van der Waals surface area contributed by atoms with Crippen LogP contribution in [0.15, 0.2) is 0 Å². The lowest BCUT2D eigenvalue weighted by Crippen LogP contribution is -2.30. The molecule has 0 saturated heterocycles. The van der Waals surface area contributed by atoms with Crippen LogP contribution in [0.4, 0.5) is 0 Å². The van der Waals surface area contributed by atoms with Crippen LogP contribution in [0.2, 0.25) is 0 Å². The van der Waals surface area contributed by atoms with Crippen molar-refractivity contribution in [3.8, 4) is 0 Å². The van der Waals surface area contributed by atoms with Crippen molar-refractivity contribution in [3.05, 3.63) is 0 Å². The fraction of sp³-hybridized carbons (Fsp3) is 0.941. The van der Waals surface area contributed by atoms with E-state index in [9.17, 15) is 14.4 Å². The summed E-state index contributed by atoms with van der Waals surface area (Å²) in [6.07, 6.45) is 46.7. The Kier molecular flexibility index (Phi) is 44.2. The maximum Gasteiger partial charge on any atom is 0.306 e. The van der Waals surface area contributed by atoms with Crippen LogP contribution in [-0.2, 0) is 28.6 Å². The fourth-order valence-electron chi connectivity index (χ4n) is 7.66. The van der Waals surface area contributed by atoms with E-state index in [-0.39, 0.29) is 31.1 Å². The monoisotopic (exact) mass is 807 g/mol. The van der Waals surface area contributed by atoms with Gasteiger partial charge in [0.1, 0.15) is 13.2 Å². The van der Waals surface area contributed by atoms with Crippen LogP contribution >= 0.6 is 0 Å². The summed E-state index contributed by atoms with van der Waals surface area (Å²) in [6.45, 7) is 8.98. The highest BCUT2D eigenvalue weighted by atomic mass is 16.6. The normalized spacial score (nSPS) is 12.4. The Morgan fingerprint density at radius 2 is 0.614 bits per heavy atom. The number of rotatable bonds is 46. The van der Waals surface area contributed by atoms with Gasteiger partial charge >= 0.3 is 17.9 Å². The third-order valence-electron chi connectivity index (χ3n) is 11.9. The van der Waals surface area contributed by atoms with Crippen LogP contribution in [0.3, 0.4) is 0 Å². The summed E-state index contributed by atoms with van der Waals surface area (Å²) in [5.41, 5.74) is 0. The zero-order valence-electron chi connectivity index (χ0n) is 38.8. The summed E-state index contributed by atoms with van der Waals surface area (Å²) in [5.74, 6) is -0.0376. The number of ether oxygens (including phenoxy) is 3. The van der Waals surface area contributed by atoms with Crippen LogP contribution in [0, 0.1) is 5.92 Å². The summed E-state index contributed by atoms with van der Waals surface area (Å²) in [4.78, 5) is 37.8. The van der Waals surface area contributed by atoms with Gasteiger partial charge in [0.25, 0.3) is 0 Å². The first-order valence-corrected chi connectivity index (χ1v) is 25.4. The molecule has 0 spiro atoms. The van der Waals surface area contributed by atoms with Crippen molar-refractivity contribution < 1.29 is 28.6 Å². The van der Waals surface area contributed by atoms with E-state index >= 15 is 0 Å². The average molecular weight is 807 g/mol. The van der Waals surface area contributed by atoms with Gasteiger partial charge in [0.05, 0.1) is 0 Å². The van der Waals surface area contributed by atoms with E-state index in [4.69, 9.17) is 14.2 Å². The molecule has 0 aliphatic rings. The molecule has 0 aromatic rings. The van der Waals surface area contributed by atoms with E-state index in [1.165, 1.54) is 180 Å². The minimum atomic E-state index is -0.760. The van der Waals surface area contributed by atoms with Crippen LogP contribution in [0.5, 0.6) is 0 Å². The van der Waals surface area contributed by atoms with Gasteiger partial charge in [-0.1, -0.05) is 246 Å². The molecule has 0 heterocycles. The van der Waals surface area contributed by atoms with Crippen molar-refractivity contribution in [1.29, 1.82) is 0 Å². The SMILES string of the molecule is CCCCCCCCCCCCCCCCCCCCCC(=O)OC[C@@H](COC(=O)CCCCCCCCC(C)CC)OC(=O)CCCCCCCCCCCC. The number of esters is 3. The molecule has 0 aliphatic carbocycles. The lowest BCUT2D eigenvalue weighted by molar-refractivity contribution is -0.167. The Labute approximate surface area is 355 Å². The largest absolute Gasteiger partial charge is 0.462 e. The third-order valence-corrected chi connectivity index (χ3v) is 11.9. The first kappa shape index (κ1) is 55.4. The second-order valence-electron chi connectivity index (χ2n) is 17.7. The lowest BCUT2D eigenvalue weighted by atomic mass is 10.00. The van der Waals surface area contributed by atoms with Crippen molar-refractivity contribution >= 4 is 17.9 Å². The predicted molar refractivity (Wildman–Crippen MR) is 243 cm³/mol. The molecular weight excluding hydrogens is 709 g/mol. The van der Waals surface area contributed by atoms with Crippen LogP contribution in [-0.4, -0.2) is 37.2 Å². The van der Waals surface area contributed by atoms with Gasteiger partial charge in [-0.15, -0.1) is 0 Å². The molecule has 0 radical (unpaired) electrons. The third kappa shape index (κ3) is 43.8. The van der Waals surface area contributed by atoms with Gasteiger partial charge in [0.15, 0.2) is 6.10 Å². The zero-order chi connectivity index (χ0) is 41.7. The number of hydrogen-bond acceptors (Lipinski definition) is 6. The molecule has 0 amide bonds. The summed E-state index contributed by atoms with van der Waals surface area (Å²) in [5, 5.41) is 0. The van der Waals surface area contributed by atoms with E-state index in [2.05, 4.69) is 27.7 Å². The minimum absolute atomic E-state index is 0.0638. The Balaban J connectivity index is 4.21. The van der Waals surface area contributed by atoms with Crippen molar-refractivity contribution in [2.24, 2.45) is 5.92 Å². The highest BCUT2D eigenvalue weighted by molar-refractivity contribution is 5.71. The Morgan fingerprint density at radius 1 is 0.351 bits per heavy atom. The molecular formula is C51H98O6. The Hall–Kier alpha value is -1.59. The molecule has 0 aromatic carbocycles. The second kappa shape index (κ2) is 45.5. The molecule has 0 saturated carbocycles. The van der Waals surface area contributed by atoms with Crippen LogP contribution in [0.1, 0.15) is 285 Å². The molecule has 0 aliphatic heterocycles. The lowest BCUT2D eigenvalue weighted by Gasteiger charge is -2.18. The van der Waals surface area contributed by atoms with Crippen LogP contribution < -0.4 is 0 Å². The standard InChI is InChI=1S/C51H98O6/c1-5-8-10-12-14-16-18-19-20-21-22-23-24-25-26-28-29-34-38-42-49(52)55-45-48(57-51(54)44-40-36-30-27-17-15-13-11-9-6-2)46-56-50(53)43-39-35-32-31-33-37-41-47(4)7-3/h47-48H,5-46H2,1-4H3/t47?,48-/m0/s1. The molecule has 1 unspecified atom stereocenters. The first-order chi connectivity index (χ1) is 27.9. The van der Waals surface area contributed by atoms with E-state index in [0.29, 0.717) is 19.3 Å². The van der Waals surface area contributed by atoms with E-state index in [0.717, 1.165) is 63.7 Å². The molecule has 6 heteroatoms. The van der Waals surface area contributed by atoms with E-state index in [1.807, 2.05) is 0 Å². The van der Waals surface area contributed by atoms with Gasteiger partial charge < -0.3 is 14.2 Å². The number of unbranched alkanes of at least 4 members (excludes halogenated alkanes) is 32. The van der Waals surface area contributed by atoms with Gasteiger partial charge in [0, 0.05) is 19.3 Å². The highest BCUT2D eigenvalue weighted by Gasteiger charge is 2.19. The molecule has 0 rings (SSSR count). The summed E-state index contributed by atoms with van der Waals surface area (Å²) < 4.78 is 16.8. The van der Waals surface area contributed by atoms with Crippen LogP contribution in [0.25, 0.3) is 0 Å². The van der Waals surface area contributed by atoms with Gasteiger partial charge in [0.2, 0.25) is 0 Å². The number of carbonyl (C=O) groups is 3. The fourth-order valence-corrected chi connectivity index (χ4v) is 7.66. The average Bonchev–Trinajstić information content (AvgIpc) is 3.21. The van der Waals surface area contributed by atoms with Gasteiger partial charge in [-0.2, -0.15) is 0 Å². The van der Waals surface area contributed by atoms with E-state index < -0.39 is 6.10 Å². The van der Waals surface area contributed by atoms with Gasteiger partial charge in [-0.05, 0) is 25.2 Å². The van der Waals surface area contributed by atoms with Gasteiger partial charge in [-0.25, -0.2) is 0 Å².